The van der Waals surface area contributed by atoms with Gasteiger partial charge in [0.15, 0.2) is 0 Å². The SMILES string of the molecule is CC(C)C(C(N)=O)C(N)C(=O)O. The van der Waals surface area contributed by atoms with Crippen LogP contribution in [-0.2, 0) is 9.59 Å². The summed E-state index contributed by atoms with van der Waals surface area (Å²) in [6.07, 6.45) is 0. The number of rotatable bonds is 4. The summed E-state index contributed by atoms with van der Waals surface area (Å²) in [6, 6.07) is -1.21. The van der Waals surface area contributed by atoms with Crippen LogP contribution in [0.3, 0.4) is 0 Å². The molecular weight excluding hydrogens is 160 g/mol. The van der Waals surface area contributed by atoms with Crippen molar-refractivity contribution in [1.29, 1.82) is 0 Å². The third-order valence-corrected chi connectivity index (χ3v) is 1.72. The second-order valence-electron chi connectivity index (χ2n) is 3.04. The molecule has 0 rings (SSSR count). The number of carbonyl (C=O) groups is 2. The van der Waals surface area contributed by atoms with Gasteiger partial charge in [0.2, 0.25) is 5.91 Å². The number of carboxylic acid groups (broad SMARTS) is 1. The van der Waals surface area contributed by atoms with Crippen molar-refractivity contribution in [3.8, 4) is 0 Å². The highest BCUT2D eigenvalue weighted by atomic mass is 16.4. The van der Waals surface area contributed by atoms with Gasteiger partial charge in [0.1, 0.15) is 6.04 Å². The number of primary amides is 1. The Morgan fingerprint density at radius 3 is 1.83 bits per heavy atom. The second kappa shape index (κ2) is 4.06. The summed E-state index contributed by atoms with van der Waals surface area (Å²) in [6.45, 7) is 3.41. The van der Waals surface area contributed by atoms with E-state index in [1.807, 2.05) is 0 Å². The van der Waals surface area contributed by atoms with E-state index in [1.165, 1.54) is 0 Å². The van der Waals surface area contributed by atoms with Gasteiger partial charge in [-0.2, -0.15) is 0 Å². The maximum atomic E-state index is 10.8. The summed E-state index contributed by atoms with van der Waals surface area (Å²) in [5.41, 5.74) is 10.3. The summed E-state index contributed by atoms with van der Waals surface area (Å²) in [7, 11) is 0. The van der Waals surface area contributed by atoms with E-state index in [2.05, 4.69) is 0 Å². The zero-order valence-electron chi connectivity index (χ0n) is 7.15. The summed E-state index contributed by atoms with van der Waals surface area (Å²) in [5, 5.41) is 8.52. The van der Waals surface area contributed by atoms with Gasteiger partial charge < -0.3 is 16.6 Å². The maximum absolute atomic E-state index is 10.8. The molecule has 0 aliphatic carbocycles. The molecule has 2 unspecified atom stereocenters. The van der Waals surface area contributed by atoms with Gasteiger partial charge in [-0.3, -0.25) is 9.59 Å². The molecule has 5 nitrogen and oxygen atoms in total. The van der Waals surface area contributed by atoms with Crippen LogP contribution in [0.2, 0.25) is 0 Å². The summed E-state index contributed by atoms with van der Waals surface area (Å²) in [4.78, 5) is 21.2. The van der Waals surface area contributed by atoms with Crippen LogP contribution in [-0.4, -0.2) is 23.0 Å². The first kappa shape index (κ1) is 10.9. The molecule has 0 spiro atoms. The van der Waals surface area contributed by atoms with Crippen LogP contribution in [0.4, 0.5) is 0 Å². The Morgan fingerprint density at radius 1 is 1.33 bits per heavy atom. The van der Waals surface area contributed by atoms with Gasteiger partial charge in [-0.1, -0.05) is 13.8 Å². The molecular formula is C7H14N2O3. The normalized spacial score (nSPS) is 15.7. The van der Waals surface area contributed by atoms with E-state index >= 15 is 0 Å². The number of hydrogen-bond acceptors (Lipinski definition) is 3. The summed E-state index contributed by atoms with van der Waals surface area (Å²) >= 11 is 0. The molecule has 5 N–H and O–H groups in total. The number of nitrogens with two attached hydrogens (primary N) is 2. The molecule has 0 heterocycles. The quantitative estimate of drug-likeness (QED) is 0.516. The molecule has 0 aliphatic heterocycles. The fraction of sp³-hybridized carbons (Fsp3) is 0.714. The highest BCUT2D eigenvalue weighted by molar-refractivity contribution is 5.85. The van der Waals surface area contributed by atoms with Crippen LogP contribution < -0.4 is 11.5 Å². The molecule has 70 valence electrons. The molecule has 0 fully saturated rings. The first-order valence-electron chi connectivity index (χ1n) is 3.65. The van der Waals surface area contributed by atoms with Crippen LogP contribution in [0.25, 0.3) is 0 Å². The van der Waals surface area contributed by atoms with Crippen molar-refractivity contribution >= 4 is 11.9 Å². The Bertz CT molecular complexity index is 191. The Balaban J connectivity index is 4.51. The minimum absolute atomic E-state index is 0.159. The highest BCUT2D eigenvalue weighted by Gasteiger charge is 2.31. The van der Waals surface area contributed by atoms with E-state index in [0.29, 0.717) is 0 Å². The molecule has 0 aromatic rings. The van der Waals surface area contributed by atoms with Crippen LogP contribution in [0.15, 0.2) is 0 Å². The average Bonchev–Trinajstić information content (AvgIpc) is 1.85. The number of hydrogen-bond donors (Lipinski definition) is 3. The van der Waals surface area contributed by atoms with E-state index in [4.69, 9.17) is 16.6 Å². The van der Waals surface area contributed by atoms with Crippen molar-refractivity contribution in [2.75, 3.05) is 0 Å². The first-order chi connectivity index (χ1) is 5.37. The van der Waals surface area contributed by atoms with Gasteiger partial charge in [0.05, 0.1) is 5.92 Å². The van der Waals surface area contributed by atoms with Crippen LogP contribution >= 0.6 is 0 Å². The Hall–Kier alpha value is -1.10. The average molecular weight is 174 g/mol. The van der Waals surface area contributed by atoms with Gasteiger partial charge in [-0.15, -0.1) is 0 Å². The van der Waals surface area contributed by atoms with Crippen molar-refractivity contribution in [3.05, 3.63) is 0 Å². The maximum Gasteiger partial charge on any atom is 0.321 e. The predicted octanol–water partition coefficient (Wildman–Crippen LogP) is -0.844. The van der Waals surface area contributed by atoms with Gasteiger partial charge in [0.25, 0.3) is 0 Å². The molecule has 2 atom stereocenters. The Kier molecular flexibility index (Phi) is 3.69. The fourth-order valence-electron chi connectivity index (χ4n) is 1.07. The Labute approximate surface area is 70.7 Å². The van der Waals surface area contributed by atoms with E-state index in [-0.39, 0.29) is 5.92 Å². The van der Waals surface area contributed by atoms with E-state index in [0.717, 1.165) is 0 Å². The smallest absolute Gasteiger partial charge is 0.321 e. The molecule has 0 radical (unpaired) electrons. The zero-order chi connectivity index (χ0) is 9.89. The lowest BCUT2D eigenvalue weighted by Gasteiger charge is -2.20. The molecule has 0 aromatic carbocycles. The summed E-state index contributed by atoms with van der Waals surface area (Å²) < 4.78 is 0. The van der Waals surface area contributed by atoms with Gasteiger partial charge in [0, 0.05) is 0 Å². The topological polar surface area (TPSA) is 106 Å². The van der Waals surface area contributed by atoms with Crippen LogP contribution in [0, 0.1) is 11.8 Å². The van der Waals surface area contributed by atoms with Gasteiger partial charge in [-0.05, 0) is 5.92 Å². The molecule has 0 aromatic heterocycles. The molecule has 0 bridgehead atoms. The van der Waals surface area contributed by atoms with E-state index in [9.17, 15) is 9.59 Å². The number of carbonyl (C=O) groups excluding carboxylic acids is 1. The monoisotopic (exact) mass is 174 g/mol. The molecule has 1 amide bonds. The lowest BCUT2D eigenvalue weighted by atomic mass is 9.88. The highest BCUT2D eigenvalue weighted by Crippen LogP contribution is 2.13. The van der Waals surface area contributed by atoms with Gasteiger partial charge in [-0.25, -0.2) is 0 Å². The van der Waals surface area contributed by atoms with Gasteiger partial charge >= 0.3 is 5.97 Å². The molecule has 12 heavy (non-hydrogen) atoms. The minimum Gasteiger partial charge on any atom is -0.480 e. The molecule has 5 heteroatoms. The van der Waals surface area contributed by atoms with Crippen LogP contribution in [0.5, 0.6) is 0 Å². The lowest BCUT2D eigenvalue weighted by molar-refractivity contribution is -0.143. The molecule has 0 aliphatic rings. The second-order valence-corrected chi connectivity index (χ2v) is 3.04. The van der Waals surface area contributed by atoms with Crippen molar-refractivity contribution < 1.29 is 14.7 Å². The third-order valence-electron chi connectivity index (χ3n) is 1.72. The van der Waals surface area contributed by atoms with Crippen LogP contribution in [0.1, 0.15) is 13.8 Å². The first-order valence-corrected chi connectivity index (χ1v) is 3.65. The number of aliphatic carboxylic acids is 1. The molecule has 0 saturated heterocycles. The largest absolute Gasteiger partial charge is 0.480 e. The zero-order valence-corrected chi connectivity index (χ0v) is 7.15. The molecule has 0 saturated carbocycles. The number of carboxylic acids is 1. The standard InChI is InChI=1S/C7H14N2O3/c1-3(2)4(6(9)10)5(8)7(11)12/h3-5H,8H2,1-2H3,(H2,9,10)(H,11,12). The Morgan fingerprint density at radius 2 is 1.75 bits per heavy atom. The minimum atomic E-state index is -1.21. The van der Waals surface area contributed by atoms with E-state index in [1.54, 1.807) is 13.8 Å². The van der Waals surface area contributed by atoms with Crippen molar-refractivity contribution in [3.63, 3.8) is 0 Å². The fourth-order valence-corrected chi connectivity index (χ4v) is 1.07. The van der Waals surface area contributed by atoms with Crippen molar-refractivity contribution in [2.45, 2.75) is 19.9 Å². The van der Waals surface area contributed by atoms with E-state index < -0.39 is 23.8 Å². The third kappa shape index (κ3) is 2.50. The number of amides is 1. The lowest BCUT2D eigenvalue weighted by Crippen LogP contribution is -2.47. The van der Waals surface area contributed by atoms with Crippen molar-refractivity contribution in [1.82, 2.24) is 0 Å². The predicted molar refractivity (Wildman–Crippen MR) is 43.1 cm³/mol. The summed E-state index contributed by atoms with van der Waals surface area (Å²) in [5.74, 6) is -2.83. The van der Waals surface area contributed by atoms with Crippen molar-refractivity contribution in [2.24, 2.45) is 23.3 Å².